The highest BCUT2D eigenvalue weighted by molar-refractivity contribution is 5.79. The number of likely N-dealkylation sites (tertiary alicyclic amines) is 1. The maximum absolute atomic E-state index is 13.2. The normalized spacial score (nSPS) is 19.1. The molecule has 19 heavy (non-hydrogen) atoms. The molecule has 1 saturated heterocycles. The third kappa shape index (κ3) is 2.50. The Morgan fingerprint density at radius 1 is 1.42 bits per heavy atom. The van der Waals surface area contributed by atoms with Gasteiger partial charge in [0.05, 0.1) is 13.0 Å². The van der Waals surface area contributed by atoms with Crippen molar-refractivity contribution in [3.63, 3.8) is 0 Å². The molecule has 5 heteroatoms. The molecular formula is C14H14FN3O. The molecule has 0 radical (unpaired) electrons. The second-order valence-corrected chi connectivity index (χ2v) is 4.79. The summed E-state index contributed by atoms with van der Waals surface area (Å²) in [4.78, 5) is 17.7. The maximum Gasteiger partial charge on any atom is 0.224 e. The Hall–Kier alpha value is -2.17. The molecule has 0 spiro atoms. The summed E-state index contributed by atoms with van der Waals surface area (Å²) in [6.07, 6.45) is 5.63. The van der Waals surface area contributed by atoms with Gasteiger partial charge in [0.25, 0.3) is 0 Å². The minimum Gasteiger partial charge on any atom is -0.324 e. The van der Waals surface area contributed by atoms with E-state index in [0.29, 0.717) is 19.6 Å². The minimum atomic E-state index is -0.252. The van der Waals surface area contributed by atoms with E-state index >= 15 is 0 Å². The lowest BCUT2D eigenvalue weighted by molar-refractivity contribution is -0.129. The molecule has 1 amide bonds. The molecule has 2 heterocycles. The Labute approximate surface area is 110 Å². The van der Waals surface area contributed by atoms with Gasteiger partial charge in [0.1, 0.15) is 5.82 Å². The first kappa shape index (κ1) is 11.9. The van der Waals surface area contributed by atoms with E-state index in [4.69, 9.17) is 0 Å². The Morgan fingerprint density at radius 2 is 2.32 bits per heavy atom. The van der Waals surface area contributed by atoms with Gasteiger partial charge in [-0.15, -0.1) is 0 Å². The molecule has 0 bridgehead atoms. The molecule has 98 valence electrons. The highest BCUT2D eigenvalue weighted by atomic mass is 19.1. The number of nitrogens with zero attached hydrogens (tertiary/aromatic N) is 3. The zero-order valence-corrected chi connectivity index (χ0v) is 10.4. The van der Waals surface area contributed by atoms with Gasteiger partial charge in [-0.05, 0) is 17.7 Å². The average Bonchev–Trinajstić information content (AvgIpc) is 3.01. The number of carbonyl (C=O) groups is 1. The van der Waals surface area contributed by atoms with E-state index in [1.165, 1.54) is 12.1 Å². The summed E-state index contributed by atoms with van der Waals surface area (Å²) in [6, 6.07) is 6.50. The summed E-state index contributed by atoms with van der Waals surface area (Å²) in [7, 11) is 0. The summed E-state index contributed by atoms with van der Waals surface area (Å²) >= 11 is 0. The Kier molecular flexibility index (Phi) is 3.03. The van der Waals surface area contributed by atoms with E-state index < -0.39 is 0 Å². The molecule has 4 nitrogen and oxygen atoms in total. The fraction of sp³-hybridized carbons (Fsp3) is 0.286. The van der Waals surface area contributed by atoms with Crippen molar-refractivity contribution < 1.29 is 9.18 Å². The molecule has 1 aromatic heterocycles. The first-order chi connectivity index (χ1) is 9.22. The number of halogens is 1. The molecule has 0 aliphatic carbocycles. The van der Waals surface area contributed by atoms with E-state index in [1.54, 1.807) is 23.5 Å². The monoisotopic (exact) mass is 259 g/mol. The molecule has 1 aliphatic rings. The summed E-state index contributed by atoms with van der Waals surface area (Å²) in [5.74, 6) is -0.0762. The molecule has 3 rings (SSSR count). The molecule has 1 aliphatic heterocycles. The van der Waals surface area contributed by atoms with Crippen molar-refractivity contribution >= 4 is 5.91 Å². The van der Waals surface area contributed by atoms with Crippen molar-refractivity contribution in [2.75, 3.05) is 6.54 Å². The number of amides is 1. The average molecular weight is 259 g/mol. The predicted molar refractivity (Wildman–Crippen MR) is 67.7 cm³/mol. The smallest absolute Gasteiger partial charge is 0.224 e. The number of imidazole rings is 1. The summed E-state index contributed by atoms with van der Waals surface area (Å²) in [5, 5.41) is 0. The Bertz CT molecular complexity index is 582. The van der Waals surface area contributed by atoms with E-state index in [1.807, 2.05) is 16.8 Å². The molecule has 2 aromatic rings. The number of rotatable bonds is 3. The number of hydrogen-bond donors (Lipinski definition) is 0. The minimum absolute atomic E-state index is 0.0757. The second-order valence-electron chi connectivity index (χ2n) is 4.79. The number of benzene rings is 1. The van der Waals surface area contributed by atoms with Crippen LogP contribution >= 0.6 is 0 Å². The molecular weight excluding hydrogens is 245 g/mol. The van der Waals surface area contributed by atoms with Gasteiger partial charge < -0.3 is 9.47 Å². The van der Waals surface area contributed by atoms with Gasteiger partial charge in [-0.3, -0.25) is 4.79 Å². The SMILES string of the molecule is O=C1CC(c2cccc(F)c2)CN1Cn1ccnc1. The quantitative estimate of drug-likeness (QED) is 0.845. The largest absolute Gasteiger partial charge is 0.324 e. The zero-order valence-electron chi connectivity index (χ0n) is 10.4. The van der Waals surface area contributed by atoms with E-state index in [2.05, 4.69) is 4.98 Å². The first-order valence-electron chi connectivity index (χ1n) is 6.21. The van der Waals surface area contributed by atoms with Gasteiger partial charge in [-0.2, -0.15) is 0 Å². The second kappa shape index (κ2) is 4.84. The van der Waals surface area contributed by atoms with Crippen LogP contribution in [-0.2, 0) is 11.5 Å². The van der Waals surface area contributed by atoms with Crippen LogP contribution in [0.1, 0.15) is 17.9 Å². The van der Waals surface area contributed by atoms with Crippen molar-refractivity contribution in [2.24, 2.45) is 0 Å². The Morgan fingerprint density at radius 3 is 3.05 bits per heavy atom. The standard InChI is InChI=1S/C14H14FN3O/c15-13-3-1-2-11(6-13)12-7-14(19)18(8-12)10-17-5-4-16-9-17/h1-6,9,12H,7-8,10H2. The lowest BCUT2D eigenvalue weighted by atomic mass is 9.98. The zero-order chi connectivity index (χ0) is 13.2. The molecule has 0 saturated carbocycles. The third-order valence-corrected chi connectivity index (χ3v) is 3.43. The molecule has 0 N–H and O–H groups in total. The summed E-state index contributed by atoms with van der Waals surface area (Å²) < 4.78 is 15.1. The van der Waals surface area contributed by atoms with Gasteiger partial charge in [0, 0.05) is 31.3 Å². The molecule has 1 fully saturated rings. The van der Waals surface area contributed by atoms with Crippen LogP contribution in [0.3, 0.4) is 0 Å². The van der Waals surface area contributed by atoms with Crippen LogP contribution in [0.4, 0.5) is 4.39 Å². The summed E-state index contributed by atoms with van der Waals surface area (Å²) in [5.41, 5.74) is 0.890. The van der Waals surface area contributed by atoms with Crippen molar-refractivity contribution in [3.8, 4) is 0 Å². The number of hydrogen-bond acceptors (Lipinski definition) is 2. The highest BCUT2D eigenvalue weighted by Crippen LogP contribution is 2.28. The van der Waals surface area contributed by atoms with Crippen LogP contribution in [0.15, 0.2) is 43.0 Å². The van der Waals surface area contributed by atoms with Crippen LogP contribution in [0, 0.1) is 5.82 Å². The number of carbonyl (C=O) groups excluding carboxylic acids is 1. The molecule has 1 atom stereocenters. The fourth-order valence-electron chi connectivity index (χ4n) is 2.46. The first-order valence-corrected chi connectivity index (χ1v) is 6.21. The van der Waals surface area contributed by atoms with Crippen molar-refractivity contribution in [1.29, 1.82) is 0 Å². The van der Waals surface area contributed by atoms with Gasteiger partial charge >= 0.3 is 0 Å². The number of aromatic nitrogens is 2. The van der Waals surface area contributed by atoms with Crippen LogP contribution < -0.4 is 0 Å². The molecule has 1 unspecified atom stereocenters. The summed E-state index contributed by atoms with van der Waals surface area (Å²) in [6.45, 7) is 1.13. The van der Waals surface area contributed by atoms with Crippen LogP contribution in [0.25, 0.3) is 0 Å². The lowest BCUT2D eigenvalue weighted by Gasteiger charge is -2.17. The van der Waals surface area contributed by atoms with Crippen LogP contribution in [0.2, 0.25) is 0 Å². The van der Waals surface area contributed by atoms with Gasteiger partial charge in [-0.25, -0.2) is 9.37 Å². The van der Waals surface area contributed by atoms with Crippen LogP contribution in [0.5, 0.6) is 0 Å². The van der Waals surface area contributed by atoms with E-state index in [-0.39, 0.29) is 17.6 Å². The highest BCUT2D eigenvalue weighted by Gasteiger charge is 2.30. The predicted octanol–water partition coefficient (Wildman–Crippen LogP) is 2.00. The third-order valence-electron chi connectivity index (χ3n) is 3.43. The van der Waals surface area contributed by atoms with Crippen molar-refractivity contribution in [3.05, 3.63) is 54.4 Å². The fourth-order valence-corrected chi connectivity index (χ4v) is 2.46. The topological polar surface area (TPSA) is 38.1 Å². The van der Waals surface area contributed by atoms with Crippen molar-refractivity contribution in [1.82, 2.24) is 14.5 Å². The van der Waals surface area contributed by atoms with Gasteiger partial charge in [0.2, 0.25) is 5.91 Å². The van der Waals surface area contributed by atoms with E-state index in [9.17, 15) is 9.18 Å². The van der Waals surface area contributed by atoms with Crippen LogP contribution in [-0.4, -0.2) is 26.9 Å². The maximum atomic E-state index is 13.2. The lowest BCUT2D eigenvalue weighted by Crippen LogP contribution is -2.27. The van der Waals surface area contributed by atoms with Gasteiger partial charge in [-0.1, -0.05) is 12.1 Å². The van der Waals surface area contributed by atoms with E-state index in [0.717, 1.165) is 5.56 Å². The molecule has 1 aromatic carbocycles. The Balaban J connectivity index is 1.73. The van der Waals surface area contributed by atoms with Crippen molar-refractivity contribution in [2.45, 2.75) is 19.0 Å². The van der Waals surface area contributed by atoms with Gasteiger partial charge in [0.15, 0.2) is 0 Å².